The maximum Gasteiger partial charge on any atom is 0.343 e. The van der Waals surface area contributed by atoms with E-state index in [1.165, 1.54) is 43.3 Å². The molecule has 0 saturated heterocycles. The molecule has 0 spiro atoms. The van der Waals surface area contributed by atoms with Crippen LogP contribution in [0.15, 0.2) is 53.4 Å². The second kappa shape index (κ2) is 6.11. The van der Waals surface area contributed by atoms with Crippen molar-refractivity contribution in [2.24, 2.45) is 0 Å². The quantitative estimate of drug-likeness (QED) is 0.492. The molecule has 0 atom stereocenters. The van der Waals surface area contributed by atoms with Gasteiger partial charge < -0.3 is 4.74 Å². The van der Waals surface area contributed by atoms with E-state index >= 15 is 0 Å². The van der Waals surface area contributed by atoms with Crippen molar-refractivity contribution in [2.75, 3.05) is 6.26 Å². The van der Waals surface area contributed by atoms with Gasteiger partial charge in [-0.25, -0.2) is 13.2 Å². The van der Waals surface area contributed by atoms with E-state index in [4.69, 9.17) is 4.74 Å². The minimum absolute atomic E-state index is 0.0499. The van der Waals surface area contributed by atoms with E-state index in [1.807, 2.05) is 0 Å². The Kier molecular flexibility index (Phi) is 4.42. The Balaban J connectivity index is 2.20. The molecule has 5 nitrogen and oxygen atoms in total. The Morgan fingerprint density at radius 1 is 0.955 bits per heavy atom. The average molecular weight is 318 g/mol. The van der Waals surface area contributed by atoms with Gasteiger partial charge in [0.2, 0.25) is 0 Å². The minimum atomic E-state index is -3.39. The first-order chi connectivity index (χ1) is 10.3. The van der Waals surface area contributed by atoms with Crippen molar-refractivity contribution < 1.29 is 22.7 Å². The lowest BCUT2D eigenvalue weighted by Crippen LogP contribution is -2.09. The summed E-state index contributed by atoms with van der Waals surface area (Å²) in [5, 5.41) is 0. The summed E-state index contributed by atoms with van der Waals surface area (Å²) in [5.41, 5.74) is 0.650. The number of Topliss-reactive ketones (excluding diaryl/α,β-unsaturated/α-hetero) is 1. The zero-order valence-electron chi connectivity index (χ0n) is 12.1. The van der Waals surface area contributed by atoms with Gasteiger partial charge in [-0.3, -0.25) is 4.79 Å². The maximum absolute atomic E-state index is 12.0. The smallest absolute Gasteiger partial charge is 0.343 e. The van der Waals surface area contributed by atoms with Gasteiger partial charge in [-0.15, -0.1) is 0 Å². The summed E-state index contributed by atoms with van der Waals surface area (Å²) in [6.45, 7) is 1.44. The highest BCUT2D eigenvalue weighted by Crippen LogP contribution is 2.16. The SMILES string of the molecule is CC(=O)c1ccc(OC(=O)c2cccc(S(C)(=O)=O)c2)cc1. The molecule has 2 aromatic carbocycles. The third-order valence-corrected chi connectivity index (χ3v) is 4.08. The van der Waals surface area contributed by atoms with E-state index in [-0.39, 0.29) is 22.0 Å². The molecule has 0 aliphatic rings. The van der Waals surface area contributed by atoms with Gasteiger partial charge in [-0.1, -0.05) is 6.07 Å². The molecule has 6 heteroatoms. The number of esters is 1. The molecule has 0 radical (unpaired) electrons. The van der Waals surface area contributed by atoms with Gasteiger partial charge in [-0.2, -0.15) is 0 Å². The molecule has 0 aliphatic carbocycles. The molecule has 0 bridgehead atoms. The first-order valence-corrected chi connectivity index (χ1v) is 8.30. The third-order valence-electron chi connectivity index (χ3n) is 2.97. The number of ketones is 1. The number of carbonyl (C=O) groups is 2. The number of benzene rings is 2. The highest BCUT2D eigenvalue weighted by molar-refractivity contribution is 7.90. The van der Waals surface area contributed by atoms with E-state index in [1.54, 1.807) is 12.1 Å². The molecule has 0 aromatic heterocycles. The van der Waals surface area contributed by atoms with E-state index in [2.05, 4.69) is 0 Å². The van der Waals surface area contributed by atoms with Crippen molar-refractivity contribution in [3.8, 4) is 5.75 Å². The Bertz CT molecular complexity index is 820. The molecule has 0 aliphatic heterocycles. The lowest BCUT2D eigenvalue weighted by Gasteiger charge is -2.06. The van der Waals surface area contributed by atoms with Gasteiger partial charge in [0.15, 0.2) is 15.6 Å². The van der Waals surface area contributed by atoms with E-state index < -0.39 is 15.8 Å². The second-order valence-electron chi connectivity index (χ2n) is 4.77. The number of ether oxygens (including phenoxy) is 1. The lowest BCUT2D eigenvalue weighted by molar-refractivity contribution is 0.0734. The van der Waals surface area contributed by atoms with Crippen LogP contribution in [0.25, 0.3) is 0 Å². The predicted molar refractivity (Wildman–Crippen MR) is 81.0 cm³/mol. The van der Waals surface area contributed by atoms with Gasteiger partial charge in [0.05, 0.1) is 10.5 Å². The second-order valence-corrected chi connectivity index (χ2v) is 6.79. The average Bonchev–Trinajstić information content (AvgIpc) is 2.47. The van der Waals surface area contributed by atoms with Crippen molar-refractivity contribution >= 4 is 21.6 Å². The van der Waals surface area contributed by atoms with Gasteiger partial charge >= 0.3 is 5.97 Å². The molecule has 0 fully saturated rings. The zero-order chi connectivity index (χ0) is 16.3. The molecule has 0 unspecified atom stereocenters. The first-order valence-electron chi connectivity index (χ1n) is 6.40. The lowest BCUT2D eigenvalue weighted by atomic mass is 10.1. The maximum atomic E-state index is 12.0. The molecule has 0 amide bonds. The van der Waals surface area contributed by atoms with Crippen LogP contribution in [-0.4, -0.2) is 26.4 Å². The largest absolute Gasteiger partial charge is 0.423 e. The molecule has 0 N–H and O–H groups in total. The van der Waals surface area contributed by atoms with Gasteiger partial charge in [0, 0.05) is 11.8 Å². The fraction of sp³-hybridized carbons (Fsp3) is 0.125. The van der Waals surface area contributed by atoms with Crippen LogP contribution in [-0.2, 0) is 9.84 Å². The van der Waals surface area contributed by atoms with Gasteiger partial charge in [0.1, 0.15) is 5.75 Å². The molecule has 2 rings (SSSR count). The van der Waals surface area contributed by atoms with Crippen LogP contribution in [0, 0.1) is 0 Å². The summed E-state index contributed by atoms with van der Waals surface area (Å²) in [4.78, 5) is 23.2. The van der Waals surface area contributed by atoms with Crippen molar-refractivity contribution in [1.29, 1.82) is 0 Å². The summed E-state index contributed by atoms with van der Waals surface area (Å²) < 4.78 is 28.1. The highest BCUT2D eigenvalue weighted by atomic mass is 32.2. The fourth-order valence-electron chi connectivity index (χ4n) is 1.78. The van der Waals surface area contributed by atoms with Crippen molar-refractivity contribution in [1.82, 2.24) is 0 Å². The summed E-state index contributed by atoms with van der Waals surface area (Å²) in [7, 11) is -3.39. The number of sulfone groups is 1. The fourth-order valence-corrected chi connectivity index (χ4v) is 2.44. The van der Waals surface area contributed by atoms with Crippen LogP contribution in [0.4, 0.5) is 0 Å². The molecule has 114 valence electrons. The van der Waals surface area contributed by atoms with Crippen LogP contribution < -0.4 is 4.74 Å². The topological polar surface area (TPSA) is 77.5 Å². The molecule has 0 saturated carbocycles. The van der Waals surface area contributed by atoms with E-state index in [0.717, 1.165) is 6.26 Å². The highest BCUT2D eigenvalue weighted by Gasteiger charge is 2.13. The van der Waals surface area contributed by atoms with Crippen molar-refractivity contribution in [3.05, 3.63) is 59.7 Å². The molecule has 0 heterocycles. The molecule has 2 aromatic rings. The molecular weight excluding hydrogens is 304 g/mol. The summed E-state index contributed by atoms with van der Waals surface area (Å²) in [6, 6.07) is 11.8. The van der Waals surface area contributed by atoms with Crippen LogP contribution in [0.5, 0.6) is 5.75 Å². The number of hydrogen-bond acceptors (Lipinski definition) is 5. The Morgan fingerprint density at radius 2 is 1.59 bits per heavy atom. The van der Waals surface area contributed by atoms with Crippen molar-refractivity contribution in [2.45, 2.75) is 11.8 Å². The third kappa shape index (κ3) is 3.79. The van der Waals surface area contributed by atoms with Gasteiger partial charge in [-0.05, 0) is 49.4 Å². The minimum Gasteiger partial charge on any atom is -0.423 e. The van der Waals surface area contributed by atoms with E-state index in [9.17, 15) is 18.0 Å². The monoisotopic (exact) mass is 318 g/mol. The van der Waals surface area contributed by atoms with Crippen LogP contribution in [0.2, 0.25) is 0 Å². The van der Waals surface area contributed by atoms with Crippen LogP contribution in [0.3, 0.4) is 0 Å². The first kappa shape index (κ1) is 15.9. The Morgan fingerprint density at radius 3 is 2.14 bits per heavy atom. The number of carbonyl (C=O) groups excluding carboxylic acids is 2. The summed E-state index contributed by atoms with van der Waals surface area (Å²) in [5.74, 6) is -0.473. The summed E-state index contributed by atoms with van der Waals surface area (Å²) >= 11 is 0. The normalized spacial score (nSPS) is 11.0. The van der Waals surface area contributed by atoms with Crippen LogP contribution in [0.1, 0.15) is 27.6 Å². The Hall–Kier alpha value is -2.47. The predicted octanol–water partition coefficient (Wildman–Crippen LogP) is 2.51. The molecular formula is C16H14O5S. The number of hydrogen-bond donors (Lipinski definition) is 0. The van der Waals surface area contributed by atoms with Gasteiger partial charge in [0.25, 0.3) is 0 Å². The van der Waals surface area contributed by atoms with Crippen LogP contribution >= 0.6 is 0 Å². The van der Waals surface area contributed by atoms with Crippen molar-refractivity contribution in [3.63, 3.8) is 0 Å². The number of rotatable bonds is 4. The molecule has 22 heavy (non-hydrogen) atoms. The van der Waals surface area contributed by atoms with E-state index in [0.29, 0.717) is 5.56 Å². The zero-order valence-corrected chi connectivity index (χ0v) is 12.9. The summed E-state index contributed by atoms with van der Waals surface area (Å²) in [6.07, 6.45) is 1.07. The standard InChI is InChI=1S/C16H14O5S/c1-11(17)12-6-8-14(9-7-12)21-16(18)13-4-3-5-15(10-13)22(2,19)20/h3-10H,1-2H3. The Labute approximate surface area is 128 Å².